The molecule has 0 N–H and O–H groups in total. The van der Waals surface area contributed by atoms with E-state index in [1.807, 2.05) is 0 Å². The maximum Gasteiger partial charge on any atom is 0.306 e. The van der Waals surface area contributed by atoms with E-state index in [0.29, 0.717) is 0 Å². The molecule has 0 aliphatic heterocycles. The van der Waals surface area contributed by atoms with Crippen molar-refractivity contribution in [2.24, 2.45) is 0 Å². The number of sulfonamides is 1. The molecule has 0 bridgehead atoms. The lowest BCUT2D eigenvalue weighted by atomic mass is 10.3. The van der Waals surface area contributed by atoms with E-state index in [0.717, 1.165) is 16.9 Å². The summed E-state index contributed by atoms with van der Waals surface area (Å²) in [7, 11) is -2.44. The molecule has 0 unspecified atom stereocenters. The summed E-state index contributed by atoms with van der Waals surface area (Å²) in [6.07, 6.45) is 4.48. The lowest BCUT2D eigenvalue weighted by Crippen LogP contribution is -2.32. The van der Waals surface area contributed by atoms with Crippen LogP contribution in [0.1, 0.15) is 12.0 Å². The number of rotatable bonds is 7. The van der Waals surface area contributed by atoms with Crippen molar-refractivity contribution in [3.63, 3.8) is 0 Å². The number of thiazole rings is 1. The summed E-state index contributed by atoms with van der Waals surface area (Å²) in [4.78, 5) is 19.1. The van der Waals surface area contributed by atoms with Gasteiger partial charge >= 0.3 is 5.97 Å². The second-order valence-corrected chi connectivity index (χ2v) is 7.40. The third-order valence-corrected chi connectivity index (χ3v) is 5.97. The highest BCUT2D eigenvalue weighted by atomic mass is 32.2. The number of carbonyl (C=O) groups is 1. The van der Waals surface area contributed by atoms with Crippen LogP contribution in [0.4, 0.5) is 0 Å². The smallest absolute Gasteiger partial charge is 0.306 e. The zero-order valence-electron chi connectivity index (χ0n) is 11.9. The Morgan fingerprint density at radius 3 is 2.77 bits per heavy atom. The van der Waals surface area contributed by atoms with Gasteiger partial charge in [-0.25, -0.2) is 8.42 Å². The van der Waals surface area contributed by atoms with E-state index in [4.69, 9.17) is 0 Å². The van der Waals surface area contributed by atoms with Crippen LogP contribution < -0.4 is 0 Å². The molecule has 2 rings (SSSR count). The van der Waals surface area contributed by atoms with Gasteiger partial charge in [-0.15, -0.1) is 11.3 Å². The fourth-order valence-electron chi connectivity index (χ4n) is 1.76. The Hall–Kier alpha value is -1.84. The number of methoxy groups -OCH3 is 1. The quantitative estimate of drug-likeness (QED) is 0.705. The fourth-order valence-corrected chi connectivity index (χ4v) is 4.13. The number of carbonyl (C=O) groups excluding carboxylic acids is 1. The number of hydrogen-bond donors (Lipinski definition) is 0. The standard InChI is InChI=1S/C13H15N3O4S2/c1-20-12(17)4-6-16(9-11-3-2-5-14-7-11)22(18,19)13-8-15-10-21-13/h2-3,5,7-8,10H,4,6,9H2,1H3. The fraction of sp³-hybridized carbons (Fsp3) is 0.308. The van der Waals surface area contributed by atoms with Gasteiger partial charge in [0.25, 0.3) is 10.0 Å². The Morgan fingerprint density at radius 2 is 2.18 bits per heavy atom. The summed E-state index contributed by atoms with van der Waals surface area (Å²) >= 11 is 1.04. The van der Waals surface area contributed by atoms with E-state index >= 15 is 0 Å². The predicted molar refractivity (Wildman–Crippen MR) is 80.6 cm³/mol. The molecular formula is C13H15N3O4S2. The molecule has 2 heterocycles. The van der Waals surface area contributed by atoms with Crippen LogP contribution in [0.15, 0.2) is 40.4 Å². The molecular weight excluding hydrogens is 326 g/mol. The number of pyridine rings is 1. The van der Waals surface area contributed by atoms with Crippen LogP contribution in [0.25, 0.3) is 0 Å². The minimum absolute atomic E-state index is 0.0191. The summed E-state index contributed by atoms with van der Waals surface area (Å²) in [5, 5.41) is 0. The van der Waals surface area contributed by atoms with Crippen molar-refractivity contribution in [2.45, 2.75) is 17.2 Å². The van der Waals surface area contributed by atoms with Gasteiger partial charge in [0.1, 0.15) is 0 Å². The van der Waals surface area contributed by atoms with Crippen molar-refractivity contribution in [1.82, 2.24) is 14.3 Å². The van der Waals surface area contributed by atoms with Gasteiger partial charge in [0.2, 0.25) is 0 Å². The number of nitrogens with zero attached hydrogens (tertiary/aromatic N) is 3. The van der Waals surface area contributed by atoms with Gasteiger partial charge < -0.3 is 4.74 Å². The highest BCUT2D eigenvalue weighted by molar-refractivity contribution is 7.91. The molecule has 2 aromatic heterocycles. The average Bonchev–Trinajstić information content (AvgIpc) is 3.07. The molecule has 0 aliphatic rings. The maximum absolute atomic E-state index is 12.6. The lowest BCUT2D eigenvalue weighted by molar-refractivity contribution is -0.140. The first-order valence-corrected chi connectivity index (χ1v) is 8.70. The van der Waals surface area contributed by atoms with E-state index in [1.54, 1.807) is 24.5 Å². The van der Waals surface area contributed by atoms with Crippen LogP contribution in [0.3, 0.4) is 0 Å². The average molecular weight is 341 g/mol. The molecule has 0 fully saturated rings. The molecule has 0 saturated heterocycles. The van der Waals surface area contributed by atoms with Crippen molar-refractivity contribution < 1.29 is 17.9 Å². The van der Waals surface area contributed by atoms with Crippen LogP contribution in [0.5, 0.6) is 0 Å². The molecule has 9 heteroatoms. The second-order valence-electron chi connectivity index (χ2n) is 4.35. The zero-order valence-corrected chi connectivity index (χ0v) is 13.5. The topological polar surface area (TPSA) is 89.5 Å². The van der Waals surface area contributed by atoms with Crippen LogP contribution in [0.2, 0.25) is 0 Å². The van der Waals surface area contributed by atoms with Crippen molar-refractivity contribution >= 4 is 27.3 Å². The Bertz CT molecular complexity index is 702. The van der Waals surface area contributed by atoms with E-state index in [2.05, 4.69) is 14.7 Å². The summed E-state index contributed by atoms with van der Waals surface area (Å²) in [5.74, 6) is -0.462. The molecule has 22 heavy (non-hydrogen) atoms. The predicted octanol–water partition coefficient (Wildman–Crippen LogP) is 1.29. The number of aromatic nitrogens is 2. The molecule has 0 radical (unpaired) electrons. The van der Waals surface area contributed by atoms with E-state index in [1.165, 1.54) is 23.1 Å². The zero-order chi connectivity index (χ0) is 16.0. The van der Waals surface area contributed by atoms with Gasteiger partial charge in [-0.2, -0.15) is 4.31 Å². The Morgan fingerprint density at radius 1 is 1.36 bits per heavy atom. The van der Waals surface area contributed by atoms with Crippen molar-refractivity contribution in [3.05, 3.63) is 41.8 Å². The molecule has 2 aromatic rings. The molecule has 0 amide bonds. The first-order chi connectivity index (χ1) is 10.5. The molecule has 0 aromatic carbocycles. The highest BCUT2D eigenvalue weighted by Crippen LogP contribution is 2.21. The second kappa shape index (κ2) is 7.43. The Balaban J connectivity index is 2.23. The largest absolute Gasteiger partial charge is 0.469 e. The van der Waals surface area contributed by atoms with Gasteiger partial charge in [-0.3, -0.25) is 14.8 Å². The lowest BCUT2D eigenvalue weighted by Gasteiger charge is -2.20. The van der Waals surface area contributed by atoms with Crippen molar-refractivity contribution in [1.29, 1.82) is 0 Å². The first kappa shape index (κ1) is 16.5. The summed E-state index contributed by atoms with van der Waals surface area (Å²) < 4.78 is 31.2. The molecule has 0 atom stereocenters. The van der Waals surface area contributed by atoms with Gasteiger partial charge in [0, 0.05) is 25.5 Å². The van der Waals surface area contributed by atoms with Crippen LogP contribution in [0, 0.1) is 0 Å². The molecule has 0 spiro atoms. The molecule has 0 aliphatic carbocycles. The van der Waals surface area contributed by atoms with Gasteiger partial charge in [0.15, 0.2) is 4.21 Å². The number of esters is 1. The van der Waals surface area contributed by atoms with Crippen LogP contribution in [-0.4, -0.2) is 42.3 Å². The number of ether oxygens (including phenoxy) is 1. The van der Waals surface area contributed by atoms with Crippen molar-refractivity contribution in [2.75, 3.05) is 13.7 Å². The van der Waals surface area contributed by atoms with E-state index in [9.17, 15) is 13.2 Å². The van der Waals surface area contributed by atoms with Crippen LogP contribution >= 0.6 is 11.3 Å². The Kier molecular flexibility index (Phi) is 5.58. The summed E-state index contributed by atoms with van der Waals surface area (Å²) in [5.41, 5.74) is 2.19. The molecule has 0 saturated carbocycles. The third kappa shape index (κ3) is 4.09. The normalized spacial score (nSPS) is 11.5. The number of hydrogen-bond acceptors (Lipinski definition) is 7. The van der Waals surface area contributed by atoms with E-state index < -0.39 is 16.0 Å². The summed E-state index contributed by atoms with van der Waals surface area (Å²) in [6, 6.07) is 3.51. The summed E-state index contributed by atoms with van der Waals surface area (Å²) in [6.45, 7) is 0.160. The van der Waals surface area contributed by atoms with Gasteiger partial charge in [-0.05, 0) is 11.6 Å². The molecule has 7 nitrogen and oxygen atoms in total. The Labute approximate surface area is 132 Å². The first-order valence-electron chi connectivity index (χ1n) is 6.38. The highest BCUT2D eigenvalue weighted by Gasteiger charge is 2.26. The van der Waals surface area contributed by atoms with Gasteiger partial charge in [-0.1, -0.05) is 6.07 Å². The SMILES string of the molecule is COC(=O)CCN(Cc1cccnc1)S(=O)(=O)c1cncs1. The third-order valence-electron chi connectivity index (χ3n) is 2.88. The minimum Gasteiger partial charge on any atom is -0.469 e. The van der Waals surface area contributed by atoms with Gasteiger partial charge in [0.05, 0.1) is 25.2 Å². The van der Waals surface area contributed by atoms with E-state index in [-0.39, 0.29) is 23.7 Å². The van der Waals surface area contributed by atoms with Crippen LogP contribution in [-0.2, 0) is 26.1 Å². The molecule has 118 valence electrons. The minimum atomic E-state index is -3.71. The van der Waals surface area contributed by atoms with Crippen molar-refractivity contribution in [3.8, 4) is 0 Å². The monoisotopic (exact) mass is 341 g/mol. The maximum atomic E-state index is 12.6.